The summed E-state index contributed by atoms with van der Waals surface area (Å²) < 4.78 is 0. The lowest BCUT2D eigenvalue weighted by Gasteiger charge is -2.16. The highest BCUT2D eigenvalue weighted by molar-refractivity contribution is 5.77. The maximum atomic E-state index is 12.4. The number of hydrogen-bond acceptors (Lipinski definition) is 5. The van der Waals surface area contributed by atoms with Gasteiger partial charge in [0.2, 0.25) is 5.91 Å². The molecule has 0 atom stereocenters. The molecule has 0 fully saturated rings. The lowest BCUT2D eigenvalue weighted by atomic mass is 9.95. The van der Waals surface area contributed by atoms with E-state index in [1.54, 1.807) is 18.6 Å². The first-order chi connectivity index (χ1) is 10.9. The number of aromatic nitrogens is 4. The molecule has 0 radical (unpaired) electrons. The molecule has 1 amide bonds. The quantitative estimate of drug-likeness (QED) is 0.867. The fourth-order valence-electron chi connectivity index (χ4n) is 2.54. The summed E-state index contributed by atoms with van der Waals surface area (Å²) >= 11 is 0. The molecule has 1 aliphatic heterocycles. The van der Waals surface area contributed by atoms with Gasteiger partial charge in [0, 0.05) is 48.7 Å². The third kappa shape index (κ3) is 3.52. The van der Waals surface area contributed by atoms with Gasteiger partial charge in [-0.1, -0.05) is 20.8 Å². The summed E-state index contributed by atoms with van der Waals surface area (Å²) in [6.07, 6.45) is 7.89. The van der Waals surface area contributed by atoms with E-state index >= 15 is 0 Å². The van der Waals surface area contributed by atoms with Crippen LogP contribution in [-0.2, 0) is 29.7 Å². The molecule has 0 saturated heterocycles. The Morgan fingerprint density at radius 2 is 2.00 bits per heavy atom. The van der Waals surface area contributed by atoms with Gasteiger partial charge in [0.25, 0.3) is 0 Å². The smallest absolute Gasteiger partial charge is 0.223 e. The average Bonchev–Trinajstić information content (AvgIpc) is 2.96. The molecule has 23 heavy (non-hydrogen) atoms. The Morgan fingerprint density at radius 3 is 2.70 bits per heavy atom. The third-order valence-corrected chi connectivity index (χ3v) is 3.89. The van der Waals surface area contributed by atoms with E-state index in [4.69, 9.17) is 0 Å². The van der Waals surface area contributed by atoms with Crippen molar-refractivity contribution in [2.75, 3.05) is 0 Å². The van der Waals surface area contributed by atoms with Crippen LogP contribution in [0.2, 0.25) is 0 Å². The van der Waals surface area contributed by atoms with Crippen LogP contribution >= 0.6 is 0 Å². The molecular weight excluding hydrogens is 290 g/mol. The normalized spacial score (nSPS) is 14.0. The first-order valence-corrected chi connectivity index (χ1v) is 7.81. The van der Waals surface area contributed by atoms with Crippen molar-refractivity contribution in [2.45, 2.75) is 52.1 Å². The van der Waals surface area contributed by atoms with Crippen LogP contribution < -0.4 is 0 Å². The SMILES string of the molecule is CC(C)(C)c1ncc2c(n1)CN(C(=O)CCc1cnccn1)C2. The molecule has 1 aliphatic rings. The van der Waals surface area contributed by atoms with Crippen LogP contribution in [0.15, 0.2) is 24.8 Å². The van der Waals surface area contributed by atoms with Gasteiger partial charge in [-0.25, -0.2) is 9.97 Å². The Labute approximate surface area is 136 Å². The van der Waals surface area contributed by atoms with Crippen LogP contribution in [0.5, 0.6) is 0 Å². The van der Waals surface area contributed by atoms with Gasteiger partial charge in [0.15, 0.2) is 0 Å². The Kier molecular flexibility index (Phi) is 4.07. The van der Waals surface area contributed by atoms with Gasteiger partial charge in [-0.15, -0.1) is 0 Å². The van der Waals surface area contributed by atoms with E-state index in [1.807, 2.05) is 11.1 Å². The van der Waals surface area contributed by atoms with E-state index in [-0.39, 0.29) is 11.3 Å². The second-order valence-corrected chi connectivity index (χ2v) is 6.86. The van der Waals surface area contributed by atoms with Crippen LogP contribution in [0, 0.1) is 0 Å². The zero-order valence-corrected chi connectivity index (χ0v) is 13.8. The molecule has 0 unspecified atom stereocenters. The first-order valence-electron chi connectivity index (χ1n) is 7.81. The van der Waals surface area contributed by atoms with Crippen LogP contribution in [0.25, 0.3) is 0 Å². The van der Waals surface area contributed by atoms with Crippen molar-refractivity contribution in [3.05, 3.63) is 47.6 Å². The predicted octanol–water partition coefficient (Wildman–Crippen LogP) is 2.04. The predicted molar refractivity (Wildman–Crippen MR) is 85.3 cm³/mol. The molecule has 6 heteroatoms. The second-order valence-electron chi connectivity index (χ2n) is 6.86. The molecule has 0 N–H and O–H groups in total. The lowest BCUT2D eigenvalue weighted by Crippen LogP contribution is -2.25. The Hall–Kier alpha value is -2.37. The number of nitrogens with zero attached hydrogens (tertiary/aromatic N) is 5. The molecule has 6 nitrogen and oxygen atoms in total. The van der Waals surface area contributed by atoms with Crippen molar-refractivity contribution in [3.8, 4) is 0 Å². The summed E-state index contributed by atoms with van der Waals surface area (Å²) in [7, 11) is 0. The third-order valence-electron chi connectivity index (χ3n) is 3.89. The van der Waals surface area contributed by atoms with Gasteiger partial charge in [-0.2, -0.15) is 0 Å². The monoisotopic (exact) mass is 311 g/mol. The van der Waals surface area contributed by atoms with Crippen LogP contribution in [0.4, 0.5) is 0 Å². The minimum Gasteiger partial charge on any atom is -0.332 e. The lowest BCUT2D eigenvalue weighted by molar-refractivity contribution is -0.131. The van der Waals surface area contributed by atoms with E-state index in [2.05, 4.69) is 40.7 Å². The summed E-state index contributed by atoms with van der Waals surface area (Å²) in [5.74, 6) is 0.941. The van der Waals surface area contributed by atoms with Gasteiger partial charge in [-0.05, 0) is 6.42 Å². The topological polar surface area (TPSA) is 71.9 Å². The molecule has 0 spiro atoms. The molecule has 3 heterocycles. The summed E-state index contributed by atoms with van der Waals surface area (Å²) in [5.41, 5.74) is 2.77. The molecule has 0 bridgehead atoms. The molecule has 2 aromatic heterocycles. The molecule has 0 saturated carbocycles. The largest absolute Gasteiger partial charge is 0.332 e. The summed E-state index contributed by atoms with van der Waals surface area (Å²) in [6.45, 7) is 7.44. The number of carbonyl (C=O) groups is 1. The minimum atomic E-state index is -0.0849. The molecule has 3 rings (SSSR count). The van der Waals surface area contributed by atoms with E-state index in [9.17, 15) is 4.79 Å². The minimum absolute atomic E-state index is 0.0849. The fourth-order valence-corrected chi connectivity index (χ4v) is 2.54. The summed E-state index contributed by atoms with van der Waals surface area (Å²) in [5, 5.41) is 0. The number of amides is 1. The maximum Gasteiger partial charge on any atom is 0.223 e. The van der Waals surface area contributed by atoms with E-state index in [0.29, 0.717) is 25.9 Å². The first kappa shape index (κ1) is 15.5. The van der Waals surface area contributed by atoms with Crippen LogP contribution in [0.3, 0.4) is 0 Å². The van der Waals surface area contributed by atoms with Crippen LogP contribution in [-0.4, -0.2) is 30.7 Å². The van der Waals surface area contributed by atoms with E-state index in [1.165, 1.54) is 0 Å². The number of aryl methyl sites for hydroxylation is 1. The van der Waals surface area contributed by atoms with E-state index < -0.39 is 0 Å². The van der Waals surface area contributed by atoms with Crippen molar-refractivity contribution < 1.29 is 4.79 Å². The Balaban J connectivity index is 1.64. The Bertz CT molecular complexity index is 709. The fraction of sp³-hybridized carbons (Fsp3) is 0.471. The Morgan fingerprint density at radius 1 is 1.17 bits per heavy atom. The summed E-state index contributed by atoms with van der Waals surface area (Å²) in [6, 6.07) is 0. The summed E-state index contributed by atoms with van der Waals surface area (Å²) in [4.78, 5) is 31.5. The number of fused-ring (bicyclic) bond motifs is 1. The average molecular weight is 311 g/mol. The number of rotatable bonds is 3. The molecule has 0 aromatic carbocycles. The van der Waals surface area contributed by atoms with Crippen molar-refractivity contribution in [1.82, 2.24) is 24.8 Å². The van der Waals surface area contributed by atoms with Gasteiger partial charge in [-0.3, -0.25) is 14.8 Å². The highest BCUT2D eigenvalue weighted by Crippen LogP contribution is 2.25. The number of carbonyl (C=O) groups excluding carboxylic acids is 1. The van der Waals surface area contributed by atoms with E-state index in [0.717, 1.165) is 22.8 Å². The highest BCUT2D eigenvalue weighted by atomic mass is 16.2. The highest BCUT2D eigenvalue weighted by Gasteiger charge is 2.27. The number of hydrogen-bond donors (Lipinski definition) is 0. The molecular formula is C17H21N5O. The molecule has 120 valence electrons. The second kappa shape index (κ2) is 6.02. The van der Waals surface area contributed by atoms with Gasteiger partial charge < -0.3 is 4.90 Å². The maximum absolute atomic E-state index is 12.4. The van der Waals surface area contributed by atoms with Gasteiger partial charge in [0.05, 0.1) is 17.9 Å². The van der Waals surface area contributed by atoms with Crippen LogP contribution in [0.1, 0.15) is 50.0 Å². The van der Waals surface area contributed by atoms with Gasteiger partial charge >= 0.3 is 0 Å². The van der Waals surface area contributed by atoms with Gasteiger partial charge in [0.1, 0.15) is 5.82 Å². The van der Waals surface area contributed by atoms with Crippen molar-refractivity contribution in [3.63, 3.8) is 0 Å². The molecule has 0 aliphatic carbocycles. The standard InChI is InChI=1S/C17H21N5O/c1-17(2,3)16-20-8-12-10-22(11-14(12)21-16)15(23)5-4-13-9-18-6-7-19-13/h6-9H,4-5,10-11H2,1-3H3. The van der Waals surface area contributed by atoms with Crippen molar-refractivity contribution >= 4 is 5.91 Å². The zero-order chi connectivity index (χ0) is 16.4. The van der Waals surface area contributed by atoms with Crippen molar-refractivity contribution in [1.29, 1.82) is 0 Å². The zero-order valence-electron chi connectivity index (χ0n) is 13.8. The van der Waals surface area contributed by atoms with Crippen molar-refractivity contribution in [2.24, 2.45) is 0 Å². The molecule has 2 aromatic rings.